The first kappa shape index (κ1) is 13.9. The van der Waals surface area contributed by atoms with Crippen LogP contribution < -0.4 is 4.74 Å². The number of carboxylic acid groups (broad SMARTS) is 1. The molecule has 21 heavy (non-hydrogen) atoms. The van der Waals surface area contributed by atoms with Gasteiger partial charge in [-0.05, 0) is 47.4 Å². The summed E-state index contributed by atoms with van der Waals surface area (Å²) in [4.78, 5) is 13.0. The van der Waals surface area contributed by atoms with Crippen LogP contribution in [0.4, 0.5) is 0 Å². The maximum absolute atomic E-state index is 11.0. The lowest BCUT2D eigenvalue weighted by atomic mass is 10.1. The molecule has 2 aromatic rings. The lowest BCUT2D eigenvalue weighted by molar-refractivity contribution is -0.138. The number of ether oxygens (including phenoxy) is 1. The molecule has 110 valence electrons. The molecule has 0 unspecified atom stereocenters. The number of benzene rings is 2. The summed E-state index contributed by atoms with van der Waals surface area (Å²) >= 11 is 0. The highest BCUT2D eigenvalue weighted by Crippen LogP contribution is 2.29. The van der Waals surface area contributed by atoms with Gasteiger partial charge in [-0.2, -0.15) is 0 Å². The van der Waals surface area contributed by atoms with Crippen molar-refractivity contribution >= 4 is 16.7 Å². The van der Waals surface area contributed by atoms with Gasteiger partial charge in [-0.1, -0.05) is 18.2 Å². The molecule has 0 amide bonds. The minimum Gasteiger partial charge on any atom is -0.497 e. The van der Waals surface area contributed by atoms with Gasteiger partial charge in [0.1, 0.15) is 5.75 Å². The Labute approximate surface area is 123 Å². The van der Waals surface area contributed by atoms with Crippen molar-refractivity contribution in [3.63, 3.8) is 0 Å². The number of aliphatic carboxylic acids is 1. The van der Waals surface area contributed by atoms with Gasteiger partial charge in [-0.15, -0.1) is 0 Å². The van der Waals surface area contributed by atoms with Gasteiger partial charge in [0.2, 0.25) is 0 Å². The first-order valence-electron chi connectivity index (χ1n) is 7.18. The van der Waals surface area contributed by atoms with E-state index in [1.807, 2.05) is 23.1 Å². The van der Waals surface area contributed by atoms with Crippen LogP contribution in [0.2, 0.25) is 0 Å². The normalized spacial score (nSPS) is 14.6. The highest BCUT2D eigenvalue weighted by Gasteiger charge is 2.30. The molecule has 0 aromatic heterocycles. The summed E-state index contributed by atoms with van der Waals surface area (Å²) in [7, 11) is 1.66. The summed E-state index contributed by atoms with van der Waals surface area (Å²) in [5.74, 6) is 0.0909. The van der Waals surface area contributed by atoms with Crippen LogP contribution in [0.25, 0.3) is 10.8 Å². The average Bonchev–Trinajstić information content (AvgIpc) is 3.30. The van der Waals surface area contributed by atoms with E-state index in [1.165, 1.54) is 0 Å². The highest BCUT2D eigenvalue weighted by atomic mass is 16.5. The molecule has 3 rings (SSSR count). The third-order valence-electron chi connectivity index (χ3n) is 3.90. The van der Waals surface area contributed by atoms with Gasteiger partial charge >= 0.3 is 5.97 Å². The molecule has 0 heterocycles. The largest absolute Gasteiger partial charge is 0.497 e. The van der Waals surface area contributed by atoms with E-state index < -0.39 is 5.97 Å². The molecule has 2 aromatic carbocycles. The van der Waals surface area contributed by atoms with Gasteiger partial charge in [0.05, 0.1) is 13.7 Å². The first-order chi connectivity index (χ1) is 10.2. The van der Waals surface area contributed by atoms with Crippen molar-refractivity contribution in [3.05, 3.63) is 42.0 Å². The summed E-state index contributed by atoms with van der Waals surface area (Å²) < 4.78 is 5.23. The molecule has 0 atom stereocenters. The molecule has 1 N–H and O–H groups in total. The molecule has 4 nitrogen and oxygen atoms in total. The standard InChI is InChI=1S/C17H19NO3/c1-21-16-7-4-13-8-12(2-3-14(13)9-16)10-18(11-17(19)20)15-5-6-15/h2-4,7-9,15H,5-6,10-11H2,1H3,(H,19,20). The Morgan fingerprint density at radius 2 is 1.95 bits per heavy atom. The number of nitrogens with zero attached hydrogens (tertiary/aromatic N) is 1. The Hall–Kier alpha value is -2.07. The van der Waals surface area contributed by atoms with E-state index in [0.29, 0.717) is 12.6 Å². The molecule has 0 aliphatic heterocycles. The molecule has 1 fully saturated rings. The Bertz CT molecular complexity index is 664. The van der Waals surface area contributed by atoms with Crippen molar-refractivity contribution in [2.24, 2.45) is 0 Å². The Kier molecular flexibility index (Phi) is 3.80. The monoisotopic (exact) mass is 285 g/mol. The summed E-state index contributed by atoms with van der Waals surface area (Å²) in [6, 6.07) is 12.7. The summed E-state index contributed by atoms with van der Waals surface area (Å²) in [6.45, 7) is 0.810. The zero-order valence-corrected chi connectivity index (χ0v) is 12.1. The fourth-order valence-electron chi connectivity index (χ4n) is 2.66. The van der Waals surface area contributed by atoms with Crippen LogP contribution in [0.1, 0.15) is 18.4 Å². The van der Waals surface area contributed by atoms with Crippen LogP contribution in [-0.2, 0) is 11.3 Å². The molecule has 1 aliphatic carbocycles. The summed E-state index contributed by atoms with van der Waals surface area (Å²) in [5.41, 5.74) is 1.15. The van der Waals surface area contributed by atoms with Gasteiger partial charge in [-0.3, -0.25) is 9.69 Å². The van der Waals surface area contributed by atoms with Crippen molar-refractivity contribution < 1.29 is 14.6 Å². The third kappa shape index (κ3) is 3.34. The molecule has 1 aliphatic rings. The number of hydrogen-bond acceptors (Lipinski definition) is 3. The number of methoxy groups -OCH3 is 1. The van der Waals surface area contributed by atoms with E-state index in [9.17, 15) is 4.79 Å². The van der Waals surface area contributed by atoms with Crippen LogP contribution in [0.15, 0.2) is 36.4 Å². The molecular weight excluding hydrogens is 266 g/mol. The molecule has 0 spiro atoms. The second kappa shape index (κ2) is 5.74. The summed E-state index contributed by atoms with van der Waals surface area (Å²) in [5, 5.41) is 11.3. The quantitative estimate of drug-likeness (QED) is 0.886. The predicted octanol–water partition coefficient (Wildman–Crippen LogP) is 2.90. The third-order valence-corrected chi connectivity index (χ3v) is 3.90. The fourth-order valence-corrected chi connectivity index (χ4v) is 2.66. The minimum absolute atomic E-state index is 0.116. The van der Waals surface area contributed by atoms with Crippen LogP contribution >= 0.6 is 0 Å². The van der Waals surface area contributed by atoms with Crippen LogP contribution in [-0.4, -0.2) is 35.7 Å². The Morgan fingerprint density at radius 3 is 2.62 bits per heavy atom. The van der Waals surface area contributed by atoms with Gasteiger partial charge in [-0.25, -0.2) is 0 Å². The number of carbonyl (C=O) groups is 1. The van der Waals surface area contributed by atoms with Crippen molar-refractivity contribution in [2.45, 2.75) is 25.4 Å². The average molecular weight is 285 g/mol. The maximum Gasteiger partial charge on any atom is 0.317 e. The SMILES string of the molecule is COc1ccc2cc(CN(CC(=O)O)C3CC3)ccc2c1. The molecule has 0 radical (unpaired) electrons. The van der Waals surface area contributed by atoms with E-state index >= 15 is 0 Å². The lowest BCUT2D eigenvalue weighted by Gasteiger charge is -2.20. The summed E-state index contributed by atoms with van der Waals surface area (Å²) in [6.07, 6.45) is 2.22. The van der Waals surface area contributed by atoms with Gasteiger partial charge in [0.25, 0.3) is 0 Å². The first-order valence-corrected chi connectivity index (χ1v) is 7.18. The second-order valence-corrected chi connectivity index (χ2v) is 5.58. The topological polar surface area (TPSA) is 49.8 Å². The van der Waals surface area contributed by atoms with Gasteiger partial charge < -0.3 is 9.84 Å². The zero-order chi connectivity index (χ0) is 14.8. The van der Waals surface area contributed by atoms with Crippen molar-refractivity contribution in [1.82, 2.24) is 4.90 Å². The molecule has 1 saturated carbocycles. The number of carboxylic acids is 1. The van der Waals surface area contributed by atoms with Gasteiger partial charge in [0.15, 0.2) is 0 Å². The van der Waals surface area contributed by atoms with Crippen molar-refractivity contribution in [1.29, 1.82) is 0 Å². The zero-order valence-electron chi connectivity index (χ0n) is 12.1. The number of fused-ring (bicyclic) bond motifs is 1. The number of hydrogen-bond donors (Lipinski definition) is 1. The van der Waals surface area contributed by atoms with Crippen molar-refractivity contribution in [3.8, 4) is 5.75 Å². The van der Waals surface area contributed by atoms with E-state index in [2.05, 4.69) is 18.2 Å². The van der Waals surface area contributed by atoms with Crippen molar-refractivity contribution in [2.75, 3.05) is 13.7 Å². The van der Waals surface area contributed by atoms with Crippen LogP contribution in [0.3, 0.4) is 0 Å². The lowest BCUT2D eigenvalue weighted by Crippen LogP contribution is -2.31. The maximum atomic E-state index is 11.0. The highest BCUT2D eigenvalue weighted by molar-refractivity contribution is 5.84. The van der Waals surface area contributed by atoms with E-state index in [1.54, 1.807) is 7.11 Å². The predicted molar refractivity (Wildman–Crippen MR) is 81.6 cm³/mol. The van der Waals surface area contributed by atoms with E-state index in [-0.39, 0.29) is 6.54 Å². The molecule has 0 bridgehead atoms. The molecule has 0 saturated heterocycles. The fraction of sp³-hybridized carbons (Fsp3) is 0.353. The molecular formula is C17H19NO3. The second-order valence-electron chi connectivity index (χ2n) is 5.58. The van der Waals surface area contributed by atoms with Crippen LogP contribution in [0, 0.1) is 0 Å². The van der Waals surface area contributed by atoms with Crippen LogP contribution in [0.5, 0.6) is 5.75 Å². The Morgan fingerprint density at radius 1 is 1.24 bits per heavy atom. The number of rotatable bonds is 6. The minimum atomic E-state index is -0.757. The van der Waals surface area contributed by atoms with E-state index in [4.69, 9.17) is 9.84 Å². The van der Waals surface area contributed by atoms with E-state index in [0.717, 1.165) is 34.9 Å². The van der Waals surface area contributed by atoms with Gasteiger partial charge in [0, 0.05) is 12.6 Å². The smallest absolute Gasteiger partial charge is 0.317 e. The Balaban J connectivity index is 1.81. The molecule has 4 heteroatoms.